The minimum absolute atomic E-state index is 0. The molecule has 0 radical (unpaired) electrons. The van der Waals surface area contributed by atoms with Crippen LogP contribution in [0.2, 0.25) is 12.1 Å². The molecular weight excluding hydrogens is 454 g/mol. The van der Waals surface area contributed by atoms with Crippen molar-refractivity contribution in [3.63, 3.8) is 0 Å². The van der Waals surface area contributed by atoms with Crippen LogP contribution in [0.5, 0.6) is 0 Å². The van der Waals surface area contributed by atoms with Gasteiger partial charge >= 0.3 is 130 Å². The van der Waals surface area contributed by atoms with Gasteiger partial charge in [0.1, 0.15) is 0 Å². The summed E-state index contributed by atoms with van der Waals surface area (Å²) in [5.74, 6) is 0. The van der Waals surface area contributed by atoms with Crippen LogP contribution in [-0.2, 0) is 23.2 Å². The van der Waals surface area contributed by atoms with Crippen LogP contribution >= 0.6 is 0 Å². The molecule has 0 N–H and O–H groups in total. The molecular formula is C22H36Cl2SiZr. The Kier molecular flexibility index (Phi) is 11.9. The van der Waals surface area contributed by atoms with Gasteiger partial charge in [0.2, 0.25) is 0 Å². The van der Waals surface area contributed by atoms with E-state index in [-0.39, 0.29) is 24.8 Å². The van der Waals surface area contributed by atoms with Crippen LogP contribution in [-0.4, -0.2) is 9.52 Å². The van der Waals surface area contributed by atoms with Crippen molar-refractivity contribution in [1.82, 2.24) is 0 Å². The average Bonchev–Trinajstić information content (AvgIpc) is 3.21. The number of hydrogen-bond acceptors (Lipinski definition) is 0. The molecule has 0 nitrogen and oxygen atoms in total. The van der Waals surface area contributed by atoms with Gasteiger partial charge in [0, 0.05) is 9.52 Å². The Hall–Kier alpha value is 0.640. The van der Waals surface area contributed by atoms with Crippen LogP contribution in [0.4, 0.5) is 0 Å². The van der Waals surface area contributed by atoms with Crippen molar-refractivity contribution in [2.75, 3.05) is 0 Å². The Bertz CT molecular complexity index is 514. The predicted molar refractivity (Wildman–Crippen MR) is 108 cm³/mol. The molecule has 0 saturated carbocycles. The van der Waals surface area contributed by atoms with E-state index < -0.39 is 23.2 Å². The maximum atomic E-state index is 2.50. The molecule has 1 aliphatic heterocycles. The van der Waals surface area contributed by atoms with Crippen molar-refractivity contribution in [3.05, 3.63) is 42.0 Å². The first kappa shape index (κ1) is 26.6. The second-order valence-electron chi connectivity index (χ2n) is 9.46. The van der Waals surface area contributed by atoms with E-state index in [1.54, 1.807) is 42.6 Å². The fourth-order valence-electron chi connectivity index (χ4n) is 3.36. The molecule has 1 heterocycles. The van der Waals surface area contributed by atoms with Crippen molar-refractivity contribution in [2.24, 2.45) is 10.8 Å². The zero-order valence-electron chi connectivity index (χ0n) is 17.5. The molecule has 2 aliphatic carbocycles. The second kappa shape index (κ2) is 11.6. The van der Waals surface area contributed by atoms with Crippen molar-refractivity contribution in [3.8, 4) is 0 Å². The van der Waals surface area contributed by atoms with Gasteiger partial charge in [0.05, 0.1) is 0 Å². The fourth-order valence-corrected chi connectivity index (χ4v) is 8.27. The molecule has 0 unspecified atom stereocenters. The van der Waals surface area contributed by atoms with Gasteiger partial charge in [-0.2, -0.15) is 0 Å². The summed E-state index contributed by atoms with van der Waals surface area (Å²) in [6, 6.07) is 3.28. The summed E-state index contributed by atoms with van der Waals surface area (Å²) in [5, 5.41) is 0. The topological polar surface area (TPSA) is 0 Å². The molecule has 1 fully saturated rings. The smallest absolute Gasteiger partial charge is 1.00 e. The normalized spacial score (nSPS) is 19.0. The summed E-state index contributed by atoms with van der Waals surface area (Å²) < 4.78 is 3.51. The molecule has 1 saturated heterocycles. The monoisotopic (exact) mass is 488 g/mol. The Morgan fingerprint density at radius 3 is 1.35 bits per heavy atom. The van der Waals surface area contributed by atoms with E-state index in [0.717, 1.165) is 0 Å². The number of rotatable bonds is 2. The van der Waals surface area contributed by atoms with E-state index >= 15 is 0 Å². The number of halogens is 2. The van der Waals surface area contributed by atoms with E-state index in [1.165, 1.54) is 12.8 Å². The molecule has 0 aromatic rings. The van der Waals surface area contributed by atoms with Gasteiger partial charge in [-0.25, -0.2) is 0 Å². The maximum absolute atomic E-state index is 2.50. The molecule has 0 amide bonds. The molecule has 3 aliphatic rings. The number of allylic oxidation sites excluding steroid dienone is 8. The minimum atomic E-state index is -0.501. The molecule has 146 valence electrons. The van der Waals surface area contributed by atoms with Gasteiger partial charge in [-0.05, 0) is 0 Å². The molecule has 3 rings (SSSR count). The van der Waals surface area contributed by atoms with Crippen molar-refractivity contribution in [2.45, 2.75) is 79.3 Å². The van der Waals surface area contributed by atoms with E-state index in [0.29, 0.717) is 20.3 Å². The summed E-state index contributed by atoms with van der Waals surface area (Å²) in [5.41, 5.74) is 3.73. The first-order valence-electron chi connectivity index (χ1n) is 9.76. The number of hydrogen-bond donors (Lipinski definition) is 0. The summed E-state index contributed by atoms with van der Waals surface area (Å²) in [6.07, 6.45) is 15.5. The van der Waals surface area contributed by atoms with Crippen LogP contribution in [0.15, 0.2) is 42.0 Å². The van der Waals surface area contributed by atoms with E-state index in [1.807, 2.05) is 0 Å². The predicted octanol–water partition coefficient (Wildman–Crippen LogP) is 0.383. The molecule has 0 bridgehead atoms. The van der Waals surface area contributed by atoms with E-state index in [4.69, 9.17) is 0 Å². The quantitative estimate of drug-likeness (QED) is 0.491. The van der Waals surface area contributed by atoms with Gasteiger partial charge in [0.25, 0.3) is 0 Å². The maximum Gasteiger partial charge on any atom is -1.00 e. The van der Waals surface area contributed by atoms with Gasteiger partial charge in [-0.1, -0.05) is 24.9 Å². The first-order valence-corrected chi connectivity index (χ1v) is 14.2. The van der Waals surface area contributed by atoms with Gasteiger partial charge in [-0.3, -0.25) is 0 Å². The summed E-state index contributed by atoms with van der Waals surface area (Å²) in [4.78, 5) is 0. The molecule has 0 spiro atoms. The Morgan fingerprint density at radius 1 is 0.731 bits per heavy atom. The van der Waals surface area contributed by atoms with Crippen LogP contribution in [0.25, 0.3) is 0 Å². The van der Waals surface area contributed by atoms with Crippen LogP contribution < -0.4 is 24.8 Å². The Balaban J connectivity index is 0.000000774. The van der Waals surface area contributed by atoms with Crippen LogP contribution in [0, 0.1) is 10.8 Å². The van der Waals surface area contributed by atoms with Crippen molar-refractivity contribution < 1.29 is 48.0 Å². The van der Waals surface area contributed by atoms with Crippen LogP contribution in [0.3, 0.4) is 0 Å². The fraction of sp³-hybridized carbons (Fsp3) is 0.636. The zero-order valence-corrected chi connectivity index (χ0v) is 22.9. The summed E-state index contributed by atoms with van der Waals surface area (Å²) in [6.45, 7) is 13.9. The molecule has 26 heavy (non-hydrogen) atoms. The zero-order chi connectivity index (χ0) is 17.8. The average molecular weight is 491 g/mol. The van der Waals surface area contributed by atoms with E-state index in [9.17, 15) is 0 Å². The second-order valence-corrected chi connectivity index (χ2v) is 15.4. The van der Waals surface area contributed by atoms with Crippen LogP contribution in [0.1, 0.15) is 67.2 Å². The van der Waals surface area contributed by atoms with Gasteiger partial charge < -0.3 is 24.8 Å². The summed E-state index contributed by atoms with van der Waals surface area (Å²) >= 11 is -0.501. The summed E-state index contributed by atoms with van der Waals surface area (Å²) in [7, 11) is 0.543. The SMILES string of the molecule is C1CC[SiH2]C1.CC(C)(C)C1=CC[C]([Zr+2][C]2=CC(C(C)(C)C)=CC2)=C1.[Cl-].[Cl-]. The first-order chi connectivity index (χ1) is 11.2. The molecule has 4 heteroatoms. The Labute approximate surface area is 188 Å². The third-order valence-electron chi connectivity index (χ3n) is 5.05. The molecule has 0 aromatic carbocycles. The third-order valence-corrected chi connectivity index (χ3v) is 10.3. The van der Waals surface area contributed by atoms with Gasteiger partial charge in [-0.15, -0.1) is 0 Å². The van der Waals surface area contributed by atoms with Crippen molar-refractivity contribution in [1.29, 1.82) is 0 Å². The molecule has 0 aromatic heterocycles. The van der Waals surface area contributed by atoms with Gasteiger partial charge in [0.15, 0.2) is 0 Å². The Morgan fingerprint density at radius 2 is 1.12 bits per heavy atom. The minimum Gasteiger partial charge on any atom is -1.00 e. The third kappa shape index (κ3) is 8.76. The standard InChI is InChI=1S/2C9H13.C4H10Si.2ClH.Zr/c2*1-9(2,3)8-6-4-5-7-8;1-2-4-5-3-1;;;/h2*6-7H,4H2,1-3H3;1-5H2;2*1H;/q;;;;;+2/p-2. The molecule has 0 atom stereocenters. The largest absolute Gasteiger partial charge is 1.00 e. The van der Waals surface area contributed by atoms with Crippen molar-refractivity contribution >= 4 is 9.52 Å². The van der Waals surface area contributed by atoms with E-state index in [2.05, 4.69) is 65.8 Å².